The quantitative estimate of drug-likeness (QED) is 0.797. The van der Waals surface area contributed by atoms with Gasteiger partial charge >= 0.3 is 0 Å². The lowest BCUT2D eigenvalue weighted by molar-refractivity contribution is -0.129. The van der Waals surface area contributed by atoms with Gasteiger partial charge in [0, 0.05) is 5.92 Å². The maximum absolute atomic E-state index is 12.5. The Morgan fingerprint density at radius 1 is 1.38 bits per heavy atom. The highest BCUT2D eigenvalue weighted by Gasteiger charge is 2.40. The Hall–Kier alpha value is -0.370. The van der Waals surface area contributed by atoms with E-state index in [0.29, 0.717) is 11.7 Å². The SMILES string of the molecule is CCC1CCCC(C(=O)C2(C)CCCN2)C1. The van der Waals surface area contributed by atoms with Crippen LogP contribution in [0.1, 0.15) is 58.8 Å². The summed E-state index contributed by atoms with van der Waals surface area (Å²) in [6.07, 6.45) is 8.31. The first-order valence-corrected chi connectivity index (χ1v) is 6.95. The van der Waals surface area contributed by atoms with Gasteiger partial charge < -0.3 is 5.32 Å². The van der Waals surface area contributed by atoms with Crippen molar-refractivity contribution in [1.82, 2.24) is 5.32 Å². The summed E-state index contributed by atoms with van der Waals surface area (Å²) < 4.78 is 0. The number of Topliss-reactive ketones (excluding diaryl/α,β-unsaturated/α-hetero) is 1. The second-order valence-corrected chi connectivity index (χ2v) is 5.86. The van der Waals surface area contributed by atoms with Gasteiger partial charge in [-0.15, -0.1) is 0 Å². The summed E-state index contributed by atoms with van der Waals surface area (Å²) in [6.45, 7) is 5.39. The zero-order valence-electron chi connectivity index (χ0n) is 10.7. The minimum atomic E-state index is -0.194. The molecular formula is C14H25NO. The molecule has 2 fully saturated rings. The van der Waals surface area contributed by atoms with Gasteiger partial charge in [0.25, 0.3) is 0 Å². The van der Waals surface area contributed by atoms with Crippen molar-refractivity contribution < 1.29 is 4.79 Å². The molecule has 92 valence electrons. The molecule has 0 spiro atoms. The highest BCUT2D eigenvalue weighted by atomic mass is 16.1. The second kappa shape index (κ2) is 4.87. The minimum Gasteiger partial charge on any atom is -0.305 e. The Morgan fingerprint density at radius 3 is 2.81 bits per heavy atom. The molecule has 2 heteroatoms. The van der Waals surface area contributed by atoms with Crippen LogP contribution in [-0.4, -0.2) is 17.9 Å². The molecule has 16 heavy (non-hydrogen) atoms. The molecule has 1 aliphatic carbocycles. The summed E-state index contributed by atoms with van der Waals surface area (Å²) >= 11 is 0. The summed E-state index contributed by atoms with van der Waals surface area (Å²) in [5, 5.41) is 3.41. The molecule has 0 amide bonds. The highest BCUT2D eigenvalue weighted by molar-refractivity contribution is 5.90. The number of carbonyl (C=O) groups is 1. The summed E-state index contributed by atoms with van der Waals surface area (Å²) in [7, 11) is 0. The first-order chi connectivity index (χ1) is 7.65. The third-order valence-corrected chi connectivity index (χ3v) is 4.64. The minimum absolute atomic E-state index is 0.194. The van der Waals surface area contributed by atoms with Crippen LogP contribution < -0.4 is 5.32 Å². The fourth-order valence-corrected chi connectivity index (χ4v) is 3.46. The summed E-state index contributed by atoms with van der Waals surface area (Å²) in [5.41, 5.74) is -0.194. The zero-order chi connectivity index (χ0) is 11.6. The molecule has 1 N–H and O–H groups in total. The van der Waals surface area contributed by atoms with Crippen LogP contribution in [0.25, 0.3) is 0 Å². The van der Waals surface area contributed by atoms with E-state index >= 15 is 0 Å². The molecule has 1 heterocycles. The van der Waals surface area contributed by atoms with Gasteiger partial charge in [0.15, 0.2) is 5.78 Å². The van der Waals surface area contributed by atoms with Gasteiger partial charge in [-0.1, -0.05) is 26.2 Å². The first-order valence-electron chi connectivity index (χ1n) is 6.95. The molecule has 2 rings (SSSR count). The van der Waals surface area contributed by atoms with E-state index < -0.39 is 0 Å². The van der Waals surface area contributed by atoms with E-state index in [1.807, 2.05) is 0 Å². The maximum Gasteiger partial charge on any atom is 0.155 e. The Kier molecular flexibility index (Phi) is 3.68. The number of hydrogen-bond acceptors (Lipinski definition) is 2. The normalized spacial score (nSPS) is 39.9. The van der Waals surface area contributed by atoms with Crippen molar-refractivity contribution in [3.8, 4) is 0 Å². The Labute approximate surface area is 99.2 Å². The number of carbonyl (C=O) groups excluding carboxylic acids is 1. The molecule has 2 nitrogen and oxygen atoms in total. The van der Waals surface area contributed by atoms with E-state index in [4.69, 9.17) is 0 Å². The third kappa shape index (κ3) is 2.32. The molecule has 0 aromatic heterocycles. The average molecular weight is 223 g/mol. The van der Waals surface area contributed by atoms with Crippen LogP contribution in [0.2, 0.25) is 0 Å². The molecule has 0 bridgehead atoms. The predicted octanol–water partition coefficient (Wildman–Crippen LogP) is 2.91. The lowest BCUT2D eigenvalue weighted by Crippen LogP contribution is -2.48. The average Bonchev–Trinajstić information content (AvgIpc) is 2.76. The van der Waals surface area contributed by atoms with Crippen LogP contribution >= 0.6 is 0 Å². The van der Waals surface area contributed by atoms with Crippen molar-refractivity contribution in [1.29, 1.82) is 0 Å². The second-order valence-electron chi connectivity index (χ2n) is 5.86. The molecule has 3 unspecified atom stereocenters. The van der Waals surface area contributed by atoms with Crippen molar-refractivity contribution >= 4 is 5.78 Å². The highest BCUT2D eigenvalue weighted by Crippen LogP contribution is 2.35. The smallest absolute Gasteiger partial charge is 0.155 e. The van der Waals surface area contributed by atoms with Crippen molar-refractivity contribution in [3.63, 3.8) is 0 Å². The van der Waals surface area contributed by atoms with Crippen LogP contribution in [-0.2, 0) is 4.79 Å². The number of hydrogen-bond donors (Lipinski definition) is 1. The monoisotopic (exact) mass is 223 g/mol. The molecule has 2 aliphatic rings. The topological polar surface area (TPSA) is 29.1 Å². The molecule has 0 aromatic carbocycles. The van der Waals surface area contributed by atoms with Crippen LogP contribution in [0.3, 0.4) is 0 Å². The zero-order valence-corrected chi connectivity index (χ0v) is 10.7. The van der Waals surface area contributed by atoms with Crippen molar-refractivity contribution in [2.45, 2.75) is 64.3 Å². The lowest BCUT2D eigenvalue weighted by atomic mass is 9.74. The largest absolute Gasteiger partial charge is 0.305 e. The van der Waals surface area contributed by atoms with Crippen LogP contribution in [0.4, 0.5) is 0 Å². The van der Waals surface area contributed by atoms with Crippen LogP contribution in [0, 0.1) is 11.8 Å². The number of ketones is 1. The fraction of sp³-hybridized carbons (Fsp3) is 0.929. The molecule has 0 aromatic rings. The van der Waals surface area contributed by atoms with E-state index in [-0.39, 0.29) is 5.54 Å². The number of rotatable bonds is 3. The Balaban J connectivity index is 1.98. The van der Waals surface area contributed by atoms with E-state index in [0.717, 1.165) is 38.1 Å². The summed E-state index contributed by atoms with van der Waals surface area (Å²) in [4.78, 5) is 12.5. The van der Waals surface area contributed by atoms with Crippen molar-refractivity contribution in [2.24, 2.45) is 11.8 Å². The van der Waals surface area contributed by atoms with Gasteiger partial charge in [-0.05, 0) is 45.1 Å². The fourth-order valence-electron chi connectivity index (χ4n) is 3.46. The summed E-state index contributed by atoms with van der Waals surface area (Å²) in [5.74, 6) is 1.64. The van der Waals surface area contributed by atoms with Gasteiger partial charge in [-0.2, -0.15) is 0 Å². The van der Waals surface area contributed by atoms with Gasteiger partial charge in [0.05, 0.1) is 5.54 Å². The van der Waals surface area contributed by atoms with Crippen LogP contribution in [0.5, 0.6) is 0 Å². The standard InChI is InChI=1S/C14H25NO/c1-3-11-6-4-7-12(10-11)13(16)14(2)8-5-9-15-14/h11-12,15H,3-10H2,1-2H3. The van der Waals surface area contributed by atoms with E-state index in [2.05, 4.69) is 19.2 Å². The Bertz CT molecular complexity index is 255. The summed E-state index contributed by atoms with van der Waals surface area (Å²) in [6, 6.07) is 0. The molecule has 1 saturated heterocycles. The molecular weight excluding hydrogens is 198 g/mol. The van der Waals surface area contributed by atoms with E-state index in [1.54, 1.807) is 0 Å². The van der Waals surface area contributed by atoms with Gasteiger partial charge in [0.1, 0.15) is 0 Å². The van der Waals surface area contributed by atoms with Crippen molar-refractivity contribution in [3.05, 3.63) is 0 Å². The first kappa shape index (κ1) is 12.1. The van der Waals surface area contributed by atoms with E-state index in [1.165, 1.54) is 19.3 Å². The maximum atomic E-state index is 12.5. The van der Waals surface area contributed by atoms with Gasteiger partial charge in [-0.3, -0.25) is 4.79 Å². The predicted molar refractivity (Wildman–Crippen MR) is 66.4 cm³/mol. The number of nitrogens with one attached hydrogen (secondary N) is 1. The molecule has 1 saturated carbocycles. The van der Waals surface area contributed by atoms with E-state index in [9.17, 15) is 4.79 Å². The van der Waals surface area contributed by atoms with Gasteiger partial charge in [0.2, 0.25) is 0 Å². The third-order valence-electron chi connectivity index (χ3n) is 4.64. The van der Waals surface area contributed by atoms with Crippen molar-refractivity contribution in [2.75, 3.05) is 6.54 Å². The molecule has 0 radical (unpaired) electrons. The van der Waals surface area contributed by atoms with Gasteiger partial charge in [-0.25, -0.2) is 0 Å². The Morgan fingerprint density at radius 2 is 2.19 bits per heavy atom. The lowest BCUT2D eigenvalue weighted by Gasteiger charge is -2.33. The molecule has 1 aliphatic heterocycles. The van der Waals surface area contributed by atoms with Crippen LogP contribution in [0.15, 0.2) is 0 Å². The molecule has 3 atom stereocenters.